The average molecular weight is 478 g/mol. The summed E-state index contributed by atoms with van der Waals surface area (Å²) in [6.45, 7) is 2.11. The summed E-state index contributed by atoms with van der Waals surface area (Å²) in [6.07, 6.45) is 2.93. The maximum absolute atomic E-state index is 13.1. The lowest BCUT2D eigenvalue weighted by Crippen LogP contribution is -2.13. The van der Waals surface area contributed by atoms with Crippen molar-refractivity contribution < 1.29 is 4.39 Å². The van der Waals surface area contributed by atoms with Crippen molar-refractivity contribution in [1.29, 1.82) is 0 Å². The molecule has 3 aromatic heterocycles. The number of benzene rings is 1. The maximum Gasteiger partial charge on any atom is 0.191 e. The number of nitrogens with zero attached hydrogens (tertiary/aromatic N) is 4. The smallest absolute Gasteiger partial charge is 0.191 e. The summed E-state index contributed by atoms with van der Waals surface area (Å²) in [5.41, 5.74) is 3.72. The monoisotopic (exact) mass is 478 g/mol. The third kappa shape index (κ3) is 3.09. The molecule has 4 rings (SSSR count). The highest BCUT2D eigenvalue weighted by molar-refractivity contribution is 14.1. The zero-order chi connectivity index (χ0) is 18.3. The number of hydrogen-bond donors (Lipinski definition) is 0. The molecule has 0 atom stereocenters. The van der Waals surface area contributed by atoms with Crippen LogP contribution in [0.2, 0.25) is 0 Å². The van der Waals surface area contributed by atoms with E-state index in [0.717, 1.165) is 43.5 Å². The fourth-order valence-corrected chi connectivity index (χ4v) is 4.17. The SMILES string of the molecule is CCc1nc2ccc(I)cn2c1N(C)c1nc(-c2ccc(F)cc2)cs1. The number of aryl methyl sites for hydroxylation is 1. The second-order valence-electron chi connectivity index (χ2n) is 5.89. The van der Waals surface area contributed by atoms with E-state index in [9.17, 15) is 4.39 Å². The number of hydrogen-bond acceptors (Lipinski definition) is 4. The third-order valence-corrected chi connectivity index (χ3v) is 5.75. The molecule has 3 heterocycles. The predicted molar refractivity (Wildman–Crippen MR) is 113 cm³/mol. The van der Waals surface area contributed by atoms with E-state index in [0.29, 0.717) is 0 Å². The minimum absolute atomic E-state index is 0.241. The Bertz CT molecular complexity index is 1070. The summed E-state index contributed by atoms with van der Waals surface area (Å²) in [5, 5.41) is 2.87. The van der Waals surface area contributed by atoms with Gasteiger partial charge in [0, 0.05) is 27.8 Å². The van der Waals surface area contributed by atoms with E-state index in [1.807, 2.05) is 18.5 Å². The largest absolute Gasteiger partial charge is 0.305 e. The van der Waals surface area contributed by atoms with E-state index in [-0.39, 0.29) is 5.82 Å². The lowest BCUT2D eigenvalue weighted by molar-refractivity contribution is 0.628. The Labute approximate surface area is 168 Å². The van der Waals surface area contributed by atoms with Gasteiger partial charge in [0.15, 0.2) is 5.13 Å². The van der Waals surface area contributed by atoms with Crippen LogP contribution in [-0.4, -0.2) is 21.4 Å². The molecule has 0 aliphatic carbocycles. The predicted octanol–water partition coefficient (Wildman–Crippen LogP) is 5.53. The number of halogens is 2. The molecule has 26 heavy (non-hydrogen) atoms. The molecule has 0 saturated carbocycles. The molecule has 0 fully saturated rings. The molecule has 0 bridgehead atoms. The molecule has 4 nitrogen and oxygen atoms in total. The molecule has 4 aromatic rings. The number of fused-ring (bicyclic) bond motifs is 1. The Hall–Kier alpha value is -2.00. The number of anilines is 2. The van der Waals surface area contributed by atoms with Crippen LogP contribution in [-0.2, 0) is 6.42 Å². The average Bonchev–Trinajstić information content (AvgIpc) is 3.26. The van der Waals surface area contributed by atoms with Crippen LogP contribution in [0.25, 0.3) is 16.9 Å². The van der Waals surface area contributed by atoms with E-state index < -0.39 is 0 Å². The fraction of sp³-hybridized carbons (Fsp3) is 0.158. The van der Waals surface area contributed by atoms with Gasteiger partial charge < -0.3 is 4.90 Å². The molecule has 0 aliphatic heterocycles. The second-order valence-corrected chi connectivity index (χ2v) is 7.97. The van der Waals surface area contributed by atoms with Gasteiger partial charge in [-0.15, -0.1) is 11.3 Å². The Balaban J connectivity index is 1.76. The van der Waals surface area contributed by atoms with Gasteiger partial charge >= 0.3 is 0 Å². The lowest BCUT2D eigenvalue weighted by atomic mass is 10.2. The van der Waals surface area contributed by atoms with Crippen LogP contribution in [0.1, 0.15) is 12.6 Å². The number of aromatic nitrogens is 3. The van der Waals surface area contributed by atoms with Gasteiger partial charge in [-0.05, 0) is 65.4 Å². The summed E-state index contributed by atoms with van der Waals surface area (Å²) in [6, 6.07) is 10.5. The van der Waals surface area contributed by atoms with Crippen LogP contribution in [0.5, 0.6) is 0 Å². The molecule has 0 unspecified atom stereocenters. The molecule has 7 heteroatoms. The molecule has 132 valence electrons. The zero-order valence-electron chi connectivity index (χ0n) is 14.3. The van der Waals surface area contributed by atoms with E-state index in [1.165, 1.54) is 12.1 Å². The first-order valence-corrected chi connectivity index (χ1v) is 10.1. The molecule has 0 aliphatic rings. The lowest BCUT2D eigenvalue weighted by Gasteiger charge is -2.17. The molecule has 0 N–H and O–H groups in total. The van der Waals surface area contributed by atoms with Crippen LogP contribution in [0.3, 0.4) is 0 Å². The van der Waals surface area contributed by atoms with Gasteiger partial charge in [0.25, 0.3) is 0 Å². The summed E-state index contributed by atoms with van der Waals surface area (Å²) in [7, 11) is 2.01. The highest BCUT2D eigenvalue weighted by Crippen LogP contribution is 2.33. The number of imidazole rings is 1. The van der Waals surface area contributed by atoms with Crippen molar-refractivity contribution in [2.75, 3.05) is 11.9 Å². The first kappa shape index (κ1) is 17.4. The van der Waals surface area contributed by atoms with Gasteiger partial charge in [-0.25, -0.2) is 14.4 Å². The van der Waals surface area contributed by atoms with Crippen LogP contribution in [0.15, 0.2) is 48.0 Å². The molecule has 1 aromatic carbocycles. The second kappa shape index (κ2) is 6.96. The van der Waals surface area contributed by atoms with Gasteiger partial charge in [-0.1, -0.05) is 6.92 Å². The van der Waals surface area contributed by atoms with Crippen molar-refractivity contribution in [3.8, 4) is 11.3 Å². The summed E-state index contributed by atoms with van der Waals surface area (Å²) in [5.74, 6) is 0.787. The fourth-order valence-electron chi connectivity index (χ4n) is 2.91. The van der Waals surface area contributed by atoms with Crippen molar-refractivity contribution in [1.82, 2.24) is 14.4 Å². The van der Waals surface area contributed by atoms with Crippen LogP contribution in [0, 0.1) is 9.39 Å². The van der Waals surface area contributed by atoms with E-state index in [4.69, 9.17) is 9.97 Å². The van der Waals surface area contributed by atoms with Gasteiger partial charge in [-0.3, -0.25) is 4.40 Å². The van der Waals surface area contributed by atoms with Gasteiger partial charge in [-0.2, -0.15) is 0 Å². The van der Waals surface area contributed by atoms with E-state index >= 15 is 0 Å². The normalized spacial score (nSPS) is 11.2. The minimum atomic E-state index is -0.241. The Morgan fingerprint density at radius 1 is 1.15 bits per heavy atom. The van der Waals surface area contributed by atoms with Crippen molar-refractivity contribution >= 4 is 50.5 Å². The van der Waals surface area contributed by atoms with Crippen LogP contribution >= 0.6 is 33.9 Å². The van der Waals surface area contributed by atoms with Crippen molar-refractivity contribution in [3.63, 3.8) is 0 Å². The molecule has 0 radical (unpaired) electrons. The molecular weight excluding hydrogens is 462 g/mol. The van der Waals surface area contributed by atoms with Gasteiger partial charge in [0.05, 0.1) is 11.4 Å². The quantitative estimate of drug-likeness (QED) is 0.362. The van der Waals surface area contributed by atoms with Crippen LogP contribution < -0.4 is 4.90 Å². The number of rotatable bonds is 4. The van der Waals surface area contributed by atoms with Gasteiger partial charge in [0.1, 0.15) is 17.3 Å². The van der Waals surface area contributed by atoms with Gasteiger partial charge in [0.2, 0.25) is 0 Å². The molecule has 0 spiro atoms. The Morgan fingerprint density at radius 2 is 1.92 bits per heavy atom. The van der Waals surface area contributed by atoms with E-state index in [2.05, 4.69) is 51.1 Å². The standard InChI is InChI=1S/C19H16FIN4S/c1-3-15-18(25-10-14(21)8-9-17(25)22-15)24(2)19-23-16(11-26-19)12-4-6-13(20)7-5-12/h4-11H,3H2,1-2H3. The number of pyridine rings is 1. The van der Waals surface area contributed by atoms with Crippen molar-refractivity contribution in [2.24, 2.45) is 0 Å². The van der Waals surface area contributed by atoms with Crippen molar-refractivity contribution in [3.05, 3.63) is 63.1 Å². The summed E-state index contributed by atoms with van der Waals surface area (Å²) >= 11 is 3.87. The van der Waals surface area contributed by atoms with E-state index in [1.54, 1.807) is 23.5 Å². The molecule has 0 saturated heterocycles. The highest BCUT2D eigenvalue weighted by atomic mass is 127. The third-order valence-electron chi connectivity index (χ3n) is 4.20. The van der Waals surface area contributed by atoms with Crippen molar-refractivity contribution in [2.45, 2.75) is 13.3 Å². The highest BCUT2D eigenvalue weighted by Gasteiger charge is 2.19. The topological polar surface area (TPSA) is 33.4 Å². The summed E-state index contributed by atoms with van der Waals surface area (Å²) < 4.78 is 16.4. The Kier molecular flexibility index (Phi) is 4.66. The first-order valence-electron chi connectivity index (χ1n) is 8.18. The molecule has 0 amide bonds. The van der Waals surface area contributed by atoms with Crippen LogP contribution in [0.4, 0.5) is 15.3 Å². The summed E-state index contributed by atoms with van der Waals surface area (Å²) in [4.78, 5) is 11.6. The number of thiazole rings is 1. The Morgan fingerprint density at radius 3 is 2.65 bits per heavy atom. The zero-order valence-corrected chi connectivity index (χ0v) is 17.3. The molecular formula is C19H16FIN4S. The minimum Gasteiger partial charge on any atom is -0.305 e. The maximum atomic E-state index is 13.1. The first-order chi connectivity index (χ1) is 12.6.